The van der Waals surface area contributed by atoms with Crippen LogP contribution in [0.3, 0.4) is 0 Å². The number of benzene rings is 2. The molecule has 37 heavy (non-hydrogen) atoms. The van der Waals surface area contributed by atoms with E-state index in [9.17, 15) is 27.1 Å². The highest BCUT2D eigenvalue weighted by Gasteiger charge is 2.38. The van der Waals surface area contributed by atoms with Gasteiger partial charge < -0.3 is 9.84 Å². The van der Waals surface area contributed by atoms with Gasteiger partial charge in [-0.3, -0.25) is 9.88 Å². The first-order valence-electron chi connectivity index (χ1n) is 12.2. The Morgan fingerprint density at radius 1 is 1.11 bits per heavy atom. The number of nitrogens with zero attached hydrogens (tertiary/aromatic N) is 2. The maximum absolute atomic E-state index is 14.6. The number of aromatic nitrogens is 1. The SMILES string of the molecule is C=CC(CC)C1CCN(Cc2c(F)c(F)c(F)c(F)c2F)[C@H]([C@H](O)c2ccnc3ccc(OC)cc23)C1. The van der Waals surface area contributed by atoms with Crippen LogP contribution in [-0.4, -0.2) is 34.7 Å². The van der Waals surface area contributed by atoms with E-state index in [0.29, 0.717) is 41.6 Å². The lowest BCUT2D eigenvalue weighted by Crippen LogP contribution is -2.47. The van der Waals surface area contributed by atoms with Crippen LogP contribution in [0, 0.1) is 40.9 Å². The normalized spacial score (nSPS) is 20.1. The van der Waals surface area contributed by atoms with Gasteiger partial charge in [0.05, 0.1) is 18.7 Å². The topological polar surface area (TPSA) is 45.6 Å². The van der Waals surface area contributed by atoms with Gasteiger partial charge in [-0.05, 0) is 67.5 Å². The van der Waals surface area contributed by atoms with E-state index >= 15 is 0 Å². The summed E-state index contributed by atoms with van der Waals surface area (Å²) in [6.45, 7) is 5.70. The molecule has 2 heterocycles. The minimum Gasteiger partial charge on any atom is -0.497 e. The lowest BCUT2D eigenvalue weighted by atomic mass is 9.77. The van der Waals surface area contributed by atoms with Crippen molar-refractivity contribution in [3.63, 3.8) is 0 Å². The van der Waals surface area contributed by atoms with E-state index in [0.717, 1.165) is 6.42 Å². The number of allylic oxidation sites excluding steroid dienone is 1. The van der Waals surface area contributed by atoms with Crippen LogP contribution in [-0.2, 0) is 6.54 Å². The summed E-state index contributed by atoms with van der Waals surface area (Å²) in [5, 5.41) is 12.3. The van der Waals surface area contributed by atoms with Crippen molar-refractivity contribution in [1.29, 1.82) is 0 Å². The third-order valence-corrected chi connectivity index (χ3v) is 7.51. The number of methoxy groups -OCH3 is 1. The highest BCUT2D eigenvalue weighted by atomic mass is 19.2. The Balaban J connectivity index is 1.77. The number of aliphatic hydroxyl groups is 1. The molecule has 198 valence electrons. The minimum absolute atomic E-state index is 0.123. The molecule has 1 saturated heterocycles. The molecule has 1 aromatic heterocycles. The van der Waals surface area contributed by atoms with Gasteiger partial charge in [0.1, 0.15) is 5.75 Å². The molecule has 0 aliphatic carbocycles. The maximum Gasteiger partial charge on any atom is 0.200 e. The maximum atomic E-state index is 14.6. The van der Waals surface area contributed by atoms with Gasteiger partial charge in [-0.25, -0.2) is 22.0 Å². The van der Waals surface area contributed by atoms with Crippen LogP contribution in [0.2, 0.25) is 0 Å². The number of ether oxygens (including phenoxy) is 1. The third-order valence-electron chi connectivity index (χ3n) is 7.51. The van der Waals surface area contributed by atoms with Crippen molar-refractivity contribution in [2.75, 3.05) is 13.7 Å². The van der Waals surface area contributed by atoms with E-state index in [1.54, 1.807) is 35.4 Å². The van der Waals surface area contributed by atoms with Crippen molar-refractivity contribution < 1.29 is 31.8 Å². The molecule has 4 atom stereocenters. The number of rotatable bonds is 8. The number of aliphatic hydroxyl groups excluding tert-OH is 1. The first-order chi connectivity index (χ1) is 17.7. The van der Waals surface area contributed by atoms with E-state index in [1.807, 2.05) is 13.0 Å². The number of pyridine rings is 1. The largest absolute Gasteiger partial charge is 0.497 e. The summed E-state index contributed by atoms with van der Waals surface area (Å²) in [7, 11) is 1.52. The van der Waals surface area contributed by atoms with E-state index in [4.69, 9.17) is 4.74 Å². The van der Waals surface area contributed by atoms with Crippen LogP contribution >= 0.6 is 0 Å². The number of piperidine rings is 1. The van der Waals surface area contributed by atoms with Gasteiger partial charge in [0.2, 0.25) is 5.82 Å². The van der Waals surface area contributed by atoms with Gasteiger partial charge in [0, 0.05) is 29.7 Å². The summed E-state index contributed by atoms with van der Waals surface area (Å²) < 4.78 is 75.9. The Morgan fingerprint density at radius 3 is 2.41 bits per heavy atom. The van der Waals surface area contributed by atoms with Crippen LogP contribution in [0.5, 0.6) is 5.75 Å². The van der Waals surface area contributed by atoms with Crippen LogP contribution in [0.4, 0.5) is 22.0 Å². The Hall–Kier alpha value is -3.04. The smallest absolute Gasteiger partial charge is 0.200 e. The quantitative estimate of drug-likeness (QED) is 0.160. The summed E-state index contributed by atoms with van der Waals surface area (Å²) in [5.41, 5.74) is 0.237. The van der Waals surface area contributed by atoms with Crippen molar-refractivity contribution in [2.24, 2.45) is 11.8 Å². The van der Waals surface area contributed by atoms with Crippen molar-refractivity contribution in [2.45, 2.75) is 44.9 Å². The summed E-state index contributed by atoms with van der Waals surface area (Å²) in [5.74, 6) is -9.03. The van der Waals surface area contributed by atoms with Crippen LogP contribution in [0.15, 0.2) is 43.1 Å². The second-order valence-electron chi connectivity index (χ2n) is 9.41. The molecule has 2 unspecified atom stereocenters. The Bertz CT molecular complexity index is 1270. The molecule has 1 aliphatic rings. The average Bonchev–Trinajstić information content (AvgIpc) is 2.93. The van der Waals surface area contributed by atoms with Crippen molar-refractivity contribution in [3.8, 4) is 5.75 Å². The highest BCUT2D eigenvalue weighted by molar-refractivity contribution is 5.84. The van der Waals surface area contributed by atoms with Gasteiger partial charge in [-0.15, -0.1) is 6.58 Å². The molecule has 1 aliphatic heterocycles. The highest BCUT2D eigenvalue weighted by Crippen LogP contribution is 2.39. The zero-order valence-electron chi connectivity index (χ0n) is 20.7. The summed E-state index contributed by atoms with van der Waals surface area (Å²) in [4.78, 5) is 5.94. The number of fused-ring (bicyclic) bond motifs is 1. The van der Waals surface area contributed by atoms with E-state index in [1.165, 1.54) is 7.11 Å². The van der Waals surface area contributed by atoms with E-state index < -0.39 is 53.3 Å². The van der Waals surface area contributed by atoms with Crippen molar-refractivity contribution in [1.82, 2.24) is 9.88 Å². The van der Waals surface area contributed by atoms with Crippen molar-refractivity contribution >= 4 is 10.9 Å². The molecule has 0 radical (unpaired) electrons. The second-order valence-corrected chi connectivity index (χ2v) is 9.41. The number of likely N-dealkylation sites (tertiary alicyclic amines) is 1. The zero-order chi connectivity index (χ0) is 26.9. The minimum atomic E-state index is -2.19. The Labute approximate surface area is 212 Å². The van der Waals surface area contributed by atoms with Crippen LogP contribution in [0.1, 0.15) is 43.4 Å². The number of hydrogen-bond donors (Lipinski definition) is 1. The molecule has 1 fully saturated rings. The fourth-order valence-corrected chi connectivity index (χ4v) is 5.41. The van der Waals surface area contributed by atoms with Crippen molar-refractivity contribution in [3.05, 3.63) is 83.3 Å². The summed E-state index contributed by atoms with van der Waals surface area (Å²) in [6, 6.07) is 6.24. The average molecular weight is 521 g/mol. The standard InChI is InChI=1S/C28H29F5N2O2/c1-4-15(5-2)16-9-11-35(14-20-23(29)25(31)27(33)26(32)24(20)30)22(12-16)28(36)18-8-10-34-21-7-6-17(37-3)13-19(18)21/h4,6-8,10,13,15-16,22,28,36H,1,5,9,11-12,14H2,2-3H3/t15?,16?,22-,28+/m0/s1. The molecule has 2 aromatic carbocycles. The summed E-state index contributed by atoms with van der Waals surface area (Å²) >= 11 is 0. The molecule has 3 aromatic rings. The third kappa shape index (κ3) is 5.07. The fourth-order valence-electron chi connectivity index (χ4n) is 5.41. The monoisotopic (exact) mass is 520 g/mol. The van der Waals surface area contributed by atoms with E-state index in [-0.39, 0.29) is 11.8 Å². The van der Waals surface area contributed by atoms with Gasteiger partial charge in [-0.1, -0.05) is 13.0 Å². The molecule has 1 N–H and O–H groups in total. The Kier molecular flexibility index (Phi) is 8.14. The lowest BCUT2D eigenvalue weighted by molar-refractivity contribution is -0.00476. The Morgan fingerprint density at radius 2 is 1.78 bits per heavy atom. The molecule has 4 nitrogen and oxygen atoms in total. The lowest BCUT2D eigenvalue weighted by Gasteiger charge is -2.44. The van der Waals surface area contributed by atoms with Gasteiger partial charge in [0.25, 0.3) is 0 Å². The molecule has 0 saturated carbocycles. The zero-order valence-corrected chi connectivity index (χ0v) is 20.7. The summed E-state index contributed by atoms with van der Waals surface area (Å²) in [6.07, 6.45) is 4.16. The first-order valence-corrected chi connectivity index (χ1v) is 12.2. The predicted octanol–water partition coefficient (Wildman–Crippen LogP) is 6.47. The van der Waals surface area contributed by atoms with Crippen LogP contribution < -0.4 is 4.74 Å². The van der Waals surface area contributed by atoms with Gasteiger partial charge in [0.15, 0.2) is 23.3 Å². The molecule has 9 heteroatoms. The molecular formula is C28H29F5N2O2. The molecule has 4 rings (SSSR count). The number of hydrogen-bond acceptors (Lipinski definition) is 4. The molecular weight excluding hydrogens is 491 g/mol. The fraction of sp³-hybridized carbons (Fsp3) is 0.393. The van der Waals surface area contributed by atoms with Crippen LogP contribution in [0.25, 0.3) is 10.9 Å². The molecule has 0 bridgehead atoms. The molecule has 0 spiro atoms. The predicted molar refractivity (Wildman–Crippen MR) is 130 cm³/mol. The molecule has 0 amide bonds. The van der Waals surface area contributed by atoms with E-state index in [2.05, 4.69) is 11.6 Å². The first kappa shape index (κ1) is 27.0. The second kappa shape index (κ2) is 11.1. The van der Waals surface area contributed by atoms with Gasteiger partial charge in [-0.2, -0.15) is 0 Å². The van der Waals surface area contributed by atoms with Gasteiger partial charge >= 0.3 is 0 Å². The number of halogens is 5.